The highest BCUT2D eigenvalue weighted by Gasteiger charge is 2.10. The van der Waals surface area contributed by atoms with Crippen molar-refractivity contribution in [2.45, 2.75) is 13.5 Å². The third kappa shape index (κ3) is 3.08. The van der Waals surface area contributed by atoms with E-state index in [1.807, 2.05) is 31.2 Å². The maximum Gasteiger partial charge on any atom is 0.253 e. The highest BCUT2D eigenvalue weighted by Crippen LogP contribution is 2.12. The van der Waals surface area contributed by atoms with Crippen LogP contribution in [0.1, 0.15) is 21.5 Å². The number of benzene rings is 1. The largest absolute Gasteiger partial charge is 0.348 e. The van der Waals surface area contributed by atoms with Crippen molar-refractivity contribution in [2.24, 2.45) is 5.84 Å². The van der Waals surface area contributed by atoms with Crippen LogP contribution in [0.15, 0.2) is 42.7 Å². The summed E-state index contributed by atoms with van der Waals surface area (Å²) >= 11 is 0. The summed E-state index contributed by atoms with van der Waals surface area (Å²) in [6, 6.07) is 9.56. The quantitative estimate of drug-likeness (QED) is 0.573. The Morgan fingerprint density at radius 2 is 2.11 bits per heavy atom. The Balaban J connectivity index is 2.08. The molecule has 0 saturated carbocycles. The van der Waals surface area contributed by atoms with Gasteiger partial charge in [0.05, 0.1) is 17.4 Å². The molecular formula is C14H16N4O. The number of anilines is 1. The van der Waals surface area contributed by atoms with E-state index in [-0.39, 0.29) is 5.91 Å². The number of nitrogens with zero attached hydrogens (tertiary/aromatic N) is 1. The number of nitrogen functional groups attached to an aromatic ring is 1. The molecule has 0 spiro atoms. The van der Waals surface area contributed by atoms with Crippen molar-refractivity contribution in [1.29, 1.82) is 0 Å². The van der Waals surface area contributed by atoms with Gasteiger partial charge in [0, 0.05) is 12.7 Å². The first-order valence-corrected chi connectivity index (χ1v) is 5.95. The van der Waals surface area contributed by atoms with Crippen LogP contribution in [0.25, 0.3) is 0 Å². The van der Waals surface area contributed by atoms with Gasteiger partial charge in [0.15, 0.2) is 0 Å². The number of hydrazine groups is 1. The molecule has 0 fully saturated rings. The van der Waals surface area contributed by atoms with Crippen molar-refractivity contribution >= 4 is 11.6 Å². The summed E-state index contributed by atoms with van der Waals surface area (Å²) in [5.41, 5.74) is 5.68. The van der Waals surface area contributed by atoms with Crippen LogP contribution >= 0.6 is 0 Å². The van der Waals surface area contributed by atoms with Crippen molar-refractivity contribution in [3.05, 3.63) is 59.4 Å². The Morgan fingerprint density at radius 1 is 1.32 bits per heavy atom. The molecule has 1 aromatic carbocycles. The van der Waals surface area contributed by atoms with E-state index in [1.54, 1.807) is 12.3 Å². The van der Waals surface area contributed by atoms with Crippen molar-refractivity contribution in [3.63, 3.8) is 0 Å². The molecule has 0 radical (unpaired) electrons. The Bertz CT molecular complexity index is 583. The molecule has 1 aromatic heterocycles. The molecule has 0 aliphatic carbocycles. The topological polar surface area (TPSA) is 80.0 Å². The van der Waals surface area contributed by atoms with Crippen LogP contribution in [0.3, 0.4) is 0 Å². The predicted molar refractivity (Wildman–Crippen MR) is 74.4 cm³/mol. The Hall–Kier alpha value is -2.40. The second kappa shape index (κ2) is 5.97. The highest BCUT2D eigenvalue weighted by atomic mass is 16.1. The Kier molecular flexibility index (Phi) is 4.10. The third-order valence-corrected chi connectivity index (χ3v) is 2.92. The lowest BCUT2D eigenvalue weighted by Crippen LogP contribution is -2.25. The zero-order valence-corrected chi connectivity index (χ0v) is 10.7. The van der Waals surface area contributed by atoms with E-state index in [9.17, 15) is 4.79 Å². The molecule has 1 amide bonds. The molecule has 0 bridgehead atoms. The SMILES string of the molecule is Cc1ccccc1CNC(=O)c1ccncc1NN. The Morgan fingerprint density at radius 3 is 2.84 bits per heavy atom. The number of hydrogen-bond acceptors (Lipinski definition) is 4. The van der Waals surface area contributed by atoms with Gasteiger partial charge in [-0.15, -0.1) is 0 Å². The van der Waals surface area contributed by atoms with E-state index >= 15 is 0 Å². The molecule has 2 aromatic rings. The predicted octanol–water partition coefficient (Wildman–Crippen LogP) is 1.61. The standard InChI is InChI=1S/C14H16N4O/c1-10-4-2-3-5-11(10)8-17-14(19)12-6-7-16-9-13(12)18-15/h2-7,9,18H,8,15H2,1H3,(H,17,19). The lowest BCUT2D eigenvalue weighted by molar-refractivity contribution is 0.0951. The van der Waals surface area contributed by atoms with Gasteiger partial charge in [-0.1, -0.05) is 24.3 Å². The van der Waals surface area contributed by atoms with Crippen LogP contribution in [0.5, 0.6) is 0 Å². The van der Waals surface area contributed by atoms with E-state index in [0.29, 0.717) is 17.8 Å². The van der Waals surface area contributed by atoms with Gasteiger partial charge in [0.2, 0.25) is 0 Å². The summed E-state index contributed by atoms with van der Waals surface area (Å²) in [6.45, 7) is 2.50. The molecule has 0 unspecified atom stereocenters. The first-order chi connectivity index (χ1) is 9.22. The molecule has 2 rings (SSSR count). The molecule has 98 valence electrons. The average molecular weight is 256 g/mol. The zero-order chi connectivity index (χ0) is 13.7. The van der Waals surface area contributed by atoms with Crippen molar-refractivity contribution in [3.8, 4) is 0 Å². The van der Waals surface area contributed by atoms with Gasteiger partial charge in [-0.05, 0) is 24.1 Å². The smallest absolute Gasteiger partial charge is 0.253 e. The number of pyridine rings is 1. The van der Waals surface area contributed by atoms with E-state index in [0.717, 1.165) is 11.1 Å². The van der Waals surface area contributed by atoms with Gasteiger partial charge >= 0.3 is 0 Å². The van der Waals surface area contributed by atoms with Crippen molar-refractivity contribution in [1.82, 2.24) is 10.3 Å². The molecule has 1 heterocycles. The van der Waals surface area contributed by atoms with Gasteiger partial charge in [0.25, 0.3) is 5.91 Å². The summed E-state index contributed by atoms with van der Waals surface area (Å²) in [5, 5.41) is 2.87. The number of rotatable bonds is 4. The van der Waals surface area contributed by atoms with Crippen LogP contribution in [0.2, 0.25) is 0 Å². The molecule has 5 nitrogen and oxygen atoms in total. The first-order valence-electron chi connectivity index (χ1n) is 5.95. The summed E-state index contributed by atoms with van der Waals surface area (Å²) in [5.74, 6) is 5.17. The maximum absolute atomic E-state index is 12.1. The highest BCUT2D eigenvalue weighted by molar-refractivity contribution is 5.99. The van der Waals surface area contributed by atoms with Crippen molar-refractivity contribution < 1.29 is 4.79 Å². The minimum absolute atomic E-state index is 0.182. The molecule has 0 aliphatic rings. The number of carbonyl (C=O) groups excluding carboxylic acids is 1. The van der Waals surface area contributed by atoms with Gasteiger partial charge < -0.3 is 10.7 Å². The summed E-state index contributed by atoms with van der Waals surface area (Å²) in [6.07, 6.45) is 3.08. The first kappa shape index (κ1) is 13.0. The summed E-state index contributed by atoms with van der Waals surface area (Å²) in [7, 11) is 0. The zero-order valence-electron chi connectivity index (χ0n) is 10.7. The number of amides is 1. The minimum Gasteiger partial charge on any atom is -0.348 e. The van der Waals surface area contributed by atoms with Gasteiger partial charge in [-0.2, -0.15) is 0 Å². The fourth-order valence-electron chi connectivity index (χ4n) is 1.79. The fourth-order valence-corrected chi connectivity index (χ4v) is 1.79. The molecule has 5 heteroatoms. The van der Waals surface area contributed by atoms with E-state index in [2.05, 4.69) is 15.7 Å². The van der Waals surface area contributed by atoms with E-state index < -0.39 is 0 Å². The van der Waals surface area contributed by atoms with E-state index in [1.165, 1.54) is 6.20 Å². The number of hydrogen-bond donors (Lipinski definition) is 3. The summed E-state index contributed by atoms with van der Waals surface area (Å²) in [4.78, 5) is 16.0. The maximum atomic E-state index is 12.1. The molecule has 0 aliphatic heterocycles. The van der Waals surface area contributed by atoms with Gasteiger partial charge in [0.1, 0.15) is 0 Å². The average Bonchev–Trinajstić information content (AvgIpc) is 2.46. The lowest BCUT2D eigenvalue weighted by atomic mass is 10.1. The third-order valence-electron chi connectivity index (χ3n) is 2.92. The lowest BCUT2D eigenvalue weighted by Gasteiger charge is -2.10. The van der Waals surface area contributed by atoms with Gasteiger partial charge in [-0.25, -0.2) is 0 Å². The number of nitrogens with one attached hydrogen (secondary N) is 2. The van der Waals surface area contributed by atoms with Gasteiger partial charge in [-0.3, -0.25) is 15.6 Å². The van der Waals surface area contributed by atoms with Crippen LogP contribution < -0.4 is 16.6 Å². The number of aromatic nitrogens is 1. The normalized spacial score (nSPS) is 10.0. The monoisotopic (exact) mass is 256 g/mol. The minimum atomic E-state index is -0.182. The molecule has 19 heavy (non-hydrogen) atoms. The number of carbonyl (C=O) groups is 1. The number of aryl methyl sites for hydroxylation is 1. The second-order valence-corrected chi connectivity index (χ2v) is 4.17. The molecule has 4 N–H and O–H groups in total. The van der Waals surface area contributed by atoms with Crippen LogP contribution in [-0.4, -0.2) is 10.9 Å². The molecule has 0 atom stereocenters. The van der Waals surface area contributed by atoms with Crippen LogP contribution in [0.4, 0.5) is 5.69 Å². The fraction of sp³-hybridized carbons (Fsp3) is 0.143. The Labute approximate surface area is 111 Å². The number of nitrogens with two attached hydrogens (primary N) is 1. The second-order valence-electron chi connectivity index (χ2n) is 4.17. The van der Waals surface area contributed by atoms with E-state index in [4.69, 9.17) is 5.84 Å². The van der Waals surface area contributed by atoms with Crippen LogP contribution in [-0.2, 0) is 6.54 Å². The summed E-state index contributed by atoms with van der Waals surface area (Å²) < 4.78 is 0. The molecule has 0 saturated heterocycles. The van der Waals surface area contributed by atoms with Crippen molar-refractivity contribution in [2.75, 3.05) is 5.43 Å². The van der Waals surface area contributed by atoms with Crippen LogP contribution in [0, 0.1) is 6.92 Å². The molecular weight excluding hydrogens is 240 g/mol.